The molecule has 0 amide bonds. The van der Waals surface area contributed by atoms with Crippen molar-refractivity contribution in [1.82, 2.24) is 4.90 Å². The van der Waals surface area contributed by atoms with Gasteiger partial charge in [0, 0.05) is 13.1 Å². The first-order valence-electron chi connectivity index (χ1n) is 13.4. The lowest BCUT2D eigenvalue weighted by Crippen LogP contribution is -2.38. The Morgan fingerprint density at radius 2 is 1.25 bits per heavy atom. The number of carboxylic acid groups (broad SMARTS) is 1. The summed E-state index contributed by atoms with van der Waals surface area (Å²) < 4.78 is 34.2. The molecule has 7 rings (SSSR count). The predicted octanol–water partition coefficient (Wildman–Crippen LogP) is 4.56. The van der Waals surface area contributed by atoms with Crippen molar-refractivity contribution in [3.63, 3.8) is 0 Å². The standard InChI is InChI=1S/C31H29NO8/c33-30(34)20-3-1-11-32(16-20)12-2-10-31(21-4-7-24-27(13-21)38-17-35-24,22-5-8-25-28(14-22)39-18-36-25)23-6-9-26-29(15-23)40-19-37-26/h2,4-10,13-15,20H,1,3,11-12,16-19H2,(H,33,34)/b10-2+. The van der Waals surface area contributed by atoms with Gasteiger partial charge in [-0.3, -0.25) is 9.69 Å². The minimum Gasteiger partial charge on any atom is -0.481 e. The molecule has 9 heteroatoms. The fourth-order valence-corrected chi connectivity index (χ4v) is 6.02. The van der Waals surface area contributed by atoms with Crippen LogP contribution in [0.15, 0.2) is 66.7 Å². The van der Waals surface area contributed by atoms with Crippen LogP contribution in [0.2, 0.25) is 0 Å². The second-order valence-electron chi connectivity index (χ2n) is 10.4. The normalized spacial score (nSPS) is 19.4. The first kappa shape index (κ1) is 24.7. The summed E-state index contributed by atoms with van der Waals surface area (Å²) in [5.74, 6) is 3.06. The molecular weight excluding hydrogens is 514 g/mol. The molecule has 4 aliphatic rings. The Bertz CT molecular complexity index is 1340. The topological polar surface area (TPSA) is 95.9 Å². The predicted molar refractivity (Wildman–Crippen MR) is 144 cm³/mol. The molecule has 4 aliphatic heterocycles. The molecule has 0 aromatic heterocycles. The van der Waals surface area contributed by atoms with Crippen molar-refractivity contribution in [2.75, 3.05) is 40.0 Å². The molecule has 3 aromatic carbocycles. The van der Waals surface area contributed by atoms with E-state index in [0.29, 0.717) is 54.0 Å². The van der Waals surface area contributed by atoms with E-state index in [9.17, 15) is 9.90 Å². The van der Waals surface area contributed by atoms with Gasteiger partial charge in [0.15, 0.2) is 34.5 Å². The summed E-state index contributed by atoms with van der Waals surface area (Å²) in [6, 6.07) is 18.0. The van der Waals surface area contributed by atoms with Crippen LogP contribution in [0, 0.1) is 5.92 Å². The maximum atomic E-state index is 11.7. The van der Waals surface area contributed by atoms with Gasteiger partial charge in [-0.15, -0.1) is 0 Å². The van der Waals surface area contributed by atoms with Gasteiger partial charge in [-0.05, 0) is 72.5 Å². The van der Waals surface area contributed by atoms with Crippen LogP contribution in [0.1, 0.15) is 29.5 Å². The number of likely N-dealkylation sites (tertiary alicyclic amines) is 1. The zero-order chi connectivity index (χ0) is 27.1. The molecule has 9 nitrogen and oxygen atoms in total. The third kappa shape index (κ3) is 4.26. The number of allylic oxidation sites excluding steroid dienone is 1. The number of fused-ring (bicyclic) bond motifs is 3. The molecule has 4 heterocycles. The van der Waals surface area contributed by atoms with Crippen molar-refractivity contribution >= 4 is 5.97 Å². The van der Waals surface area contributed by atoms with Gasteiger partial charge in [-0.2, -0.15) is 0 Å². The summed E-state index contributed by atoms with van der Waals surface area (Å²) in [7, 11) is 0. The Balaban J connectivity index is 1.37. The smallest absolute Gasteiger partial charge is 0.307 e. The second kappa shape index (κ2) is 9.98. The monoisotopic (exact) mass is 543 g/mol. The number of aliphatic carboxylic acids is 1. The number of piperidine rings is 1. The van der Waals surface area contributed by atoms with Gasteiger partial charge in [0.2, 0.25) is 20.4 Å². The third-order valence-corrected chi connectivity index (χ3v) is 8.07. The molecule has 3 aromatic rings. The van der Waals surface area contributed by atoms with Gasteiger partial charge in [-0.1, -0.05) is 30.4 Å². The van der Waals surface area contributed by atoms with E-state index in [4.69, 9.17) is 28.4 Å². The van der Waals surface area contributed by atoms with Crippen LogP contribution in [0.3, 0.4) is 0 Å². The molecule has 0 spiro atoms. The van der Waals surface area contributed by atoms with Crippen molar-refractivity contribution < 1.29 is 38.3 Å². The molecule has 0 radical (unpaired) electrons. The lowest BCUT2D eigenvalue weighted by atomic mass is 9.69. The Labute approximate surface area is 231 Å². The first-order valence-corrected chi connectivity index (χ1v) is 13.4. The third-order valence-electron chi connectivity index (χ3n) is 8.07. The van der Waals surface area contributed by atoms with Crippen molar-refractivity contribution in [3.8, 4) is 34.5 Å². The van der Waals surface area contributed by atoms with Gasteiger partial charge in [0.25, 0.3) is 0 Å². The van der Waals surface area contributed by atoms with E-state index < -0.39 is 11.4 Å². The van der Waals surface area contributed by atoms with Crippen LogP contribution in [-0.4, -0.2) is 56.0 Å². The molecule has 1 fully saturated rings. The van der Waals surface area contributed by atoms with Gasteiger partial charge >= 0.3 is 5.97 Å². The van der Waals surface area contributed by atoms with Crippen LogP contribution in [0.25, 0.3) is 0 Å². The van der Waals surface area contributed by atoms with E-state index >= 15 is 0 Å². The summed E-state index contributed by atoms with van der Waals surface area (Å²) in [4.78, 5) is 13.9. The van der Waals surface area contributed by atoms with E-state index in [0.717, 1.165) is 29.7 Å². The zero-order valence-electron chi connectivity index (χ0n) is 21.8. The van der Waals surface area contributed by atoms with Crippen LogP contribution >= 0.6 is 0 Å². The average molecular weight is 544 g/mol. The fraction of sp³-hybridized carbons (Fsp3) is 0.323. The SMILES string of the molecule is O=C(O)C1CCCN(C/C=C/C(c2ccc3c(c2)OCO3)(c2ccc3c(c2)OCO3)c2ccc3c(c2)OCO3)C1. The number of nitrogens with zero attached hydrogens (tertiary/aromatic N) is 1. The van der Waals surface area contributed by atoms with E-state index in [-0.39, 0.29) is 26.3 Å². The number of hydrogen-bond acceptors (Lipinski definition) is 8. The van der Waals surface area contributed by atoms with E-state index in [1.807, 2.05) is 54.6 Å². The van der Waals surface area contributed by atoms with Gasteiger partial charge < -0.3 is 33.5 Å². The number of ether oxygens (including phenoxy) is 6. The van der Waals surface area contributed by atoms with Crippen molar-refractivity contribution in [2.45, 2.75) is 18.3 Å². The molecule has 1 atom stereocenters. The maximum absolute atomic E-state index is 11.7. The summed E-state index contributed by atoms with van der Waals surface area (Å²) >= 11 is 0. The number of carboxylic acids is 1. The molecule has 1 N–H and O–H groups in total. The average Bonchev–Trinajstić information content (AvgIpc) is 3.75. The Morgan fingerprint density at radius 3 is 1.73 bits per heavy atom. The largest absolute Gasteiger partial charge is 0.481 e. The van der Waals surface area contributed by atoms with Crippen LogP contribution in [0.5, 0.6) is 34.5 Å². The molecule has 0 bridgehead atoms. The van der Waals surface area contributed by atoms with Crippen LogP contribution in [0.4, 0.5) is 0 Å². The van der Waals surface area contributed by atoms with Crippen molar-refractivity contribution in [3.05, 3.63) is 83.4 Å². The van der Waals surface area contributed by atoms with E-state index in [1.165, 1.54) is 0 Å². The summed E-state index contributed by atoms with van der Waals surface area (Å²) in [5.41, 5.74) is 2.11. The zero-order valence-corrected chi connectivity index (χ0v) is 21.8. The fourth-order valence-electron chi connectivity index (χ4n) is 6.02. The minimum absolute atomic E-state index is 0.176. The number of hydrogen-bond donors (Lipinski definition) is 1. The highest BCUT2D eigenvalue weighted by atomic mass is 16.7. The van der Waals surface area contributed by atoms with Gasteiger partial charge in [-0.25, -0.2) is 0 Å². The molecule has 0 aliphatic carbocycles. The maximum Gasteiger partial charge on any atom is 0.307 e. The second-order valence-corrected chi connectivity index (χ2v) is 10.4. The molecular formula is C31H29NO8. The highest BCUT2D eigenvalue weighted by Crippen LogP contribution is 2.49. The first-order chi connectivity index (χ1) is 19.6. The number of carbonyl (C=O) groups is 1. The van der Waals surface area contributed by atoms with E-state index in [2.05, 4.69) is 17.1 Å². The summed E-state index contributed by atoms with van der Waals surface area (Å²) in [5, 5.41) is 9.58. The molecule has 1 unspecified atom stereocenters. The summed E-state index contributed by atoms with van der Waals surface area (Å²) in [6.07, 6.45) is 5.89. The highest BCUT2D eigenvalue weighted by molar-refractivity contribution is 5.70. The minimum atomic E-state index is -0.787. The van der Waals surface area contributed by atoms with Crippen LogP contribution < -0.4 is 28.4 Å². The van der Waals surface area contributed by atoms with Crippen molar-refractivity contribution in [1.29, 1.82) is 0 Å². The Hall–Kier alpha value is -4.37. The van der Waals surface area contributed by atoms with Crippen molar-refractivity contribution in [2.24, 2.45) is 5.92 Å². The van der Waals surface area contributed by atoms with Crippen LogP contribution in [-0.2, 0) is 10.2 Å². The Kier molecular flexibility index (Phi) is 6.15. The molecule has 206 valence electrons. The van der Waals surface area contributed by atoms with Gasteiger partial charge in [0.05, 0.1) is 11.3 Å². The Morgan fingerprint density at radius 1 is 0.775 bits per heavy atom. The van der Waals surface area contributed by atoms with Gasteiger partial charge in [0.1, 0.15) is 0 Å². The molecule has 1 saturated heterocycles. The number of rotatable bonds is 7. The van der Waals surface area contributed by atoms with E-state index in [1.54, 1.807) is 0 Å². The molecule has 0 saturated carbocycles. The highest BCUT2D eigenvalue weighted by Gasteiger charge is 2.38. The summed E-state index contributed by atoms with van der Waals surface area (Å²) in [6.45, 7) is 2.54. The lowest BCUT2D eigenvalue weighted by molar-refractivity contribution is -0.143. The lowest BCUT2D eigenvalue weighted by Gasteiger charge is -2.34. The quantitative estimate of drug-likeness (QED) is 0.340. The number of benzene rings is 3. The molecule has 40 heavy (non-hydrogen) atoms.